The first-order valence-electron chi connectivity index (χ1n) is 15.6. The molecule has 2 aliphatic heterocycles. The van der Waals surface area contributed by atoms with E-state index in [1.54, 1.807) is 21.1 Å². The number of aryl methyl sites for hydroxylation is 3. The summed E-state index contributed by atoms with van der Waals surface area (Å²) < 4.78 is 36.9. The summed E-state index contributed by atoms with van der Waals surface area (Å²) in [6.07, 6.45) is 2.29. The van der Waals surface area contributed by atoms with Gasteiger partial charge >= 0.3 is 5.97 Å². The number of para-hydroxylation sites is 1. The number of carbonyl (C=O) groups excluding carboxylic acids is 1. The van der Waals surface area contributed by atoms with Gasteiger partial charge in [0.15, 0.2) is 0 Å². The molecule has 1 aromatic heterocycles. The van der Waals surface area contributed by atoms with Gasteiger partial charge in [-0.3, -0.25) is 4.79 Å². The average molecular weight is 631 g/mol. The number of nitrogens with zero attached hydrogens (tertiary/aromatic N) is 6. The Bertz CT molecular complexity index is 1840. The van der Waals surface area contributed by atoms with E-state index in [0.717, 1.165) is 58.2 Å². The highest BCUT2D eigenvalue weighted by Gasteiger charge is 2.32. The van der Waals surface area contributed by atoms with Crippen LogP contribution in [0.2, 0.25) is 0 Å². The van der Waals surface area contributed by atoms with E-state index in [2.05, 4.69) is 34.4 Å². The second-order valence-corrected chi connectivity index (χ2v) is 14.4. The number of sulfonamides is 1. The van der Waals surface area contributed by atoms with Crippen molar-refractivity contribution in [2.45, 2.75) is 56.5 Å². The first-order chi connectivity index (χ1) is 21.5. The van der Waals surface area contributed by atoms with Gasteiger partial charge in [0, 0.05) is 45.7 Å². The van der Waals surface area contributed by atoms with Crippen LogP contribution in [0.3, 0.4) is 0 Å². The first-order valence-corrected chi connectivity index (χ1v) is 17.0. The Morgan fingerprint density at radius 2 is 1.82 bits per heavy atom. The molecule has 6 rings (SSSR count). The van der Waals surface area contributed by atoms with Crippen molar-refractivity contribution in [1.29, 1.82) is 0 Å². The lowest BCUT2D eigenvalue weighted by Gasteiger charge is -2.24. The Kier molecular flexibility index (Phi) is 8.69. The van der Waals surface area contributed by atoms with Gasteiger partial charge in [-0.2, -0.15) is 4.31 Å². The van der Waals surface area contributed by atoms with Gasteiger partial charge in [-0.1, -0.05) is 41.6 Å². The fourth-order valence-electron chi connectivity index (χ4n) is 6.70. The molecule has 4 aromatic rings. The van der Waals surface area contributed by atoms with Crippen LogP contribution in [0, 0.1) is 13.8 Å². The maximum atomic E-state index is 13.9. The minimum absolute atomic E-state index is 0.158. The van der Waals surface area contributed by atoms with Gasteiger partial charge in [0.05, 0.1) is 17.6 Å². The third-order valence-corrected chi connectivity index (χ3v) is 11.5. The number of benzene rings is 3. The normalized spacial score (nSPS) is 19.4. The van der Waals surface area contributed by atoms with Crippen LogP contribution in [0.4, 0.5) is 5.69 Å². The minimum atomic E-state index is -3.72. The quantitative estimate of drug-likeness (QED) is 0.265. The van der Waals surface area contributed by atoms with Gasteiger partial charge in [0.25, 0.3) is 0 Å². The third kappa shape index (κ3) is 6.08. The van der Waals surface area contributed by atoms with Crippen molar-refractivity contribution < 1.29 is 17.9 Å². The number of aromatic nitrogens is 3. The number of fused-ring (bicyclic) bond motifs is 2. The largest absolute Gasteiger partial charge is 0.464 e. The number of esters is 1. The number of ether oxygens (including phenoxy) is 1. The molecule has 0 radical (unpaired) electrons. The third-order valence-electron chi connectivity index (χ3n) is 9.63. The van der Waals surface area contributed by atoms with Crippen LogP contribution in [0.1, 0.15) is 53.0 Å². The molecule has 0 amide bonds. The molecule has 0 bridgehead atoms. The topological polar surface area (TPSA) is 101 Å². The smallest absolute Gasteiger partial charge is 0.306 e. The predicted octanol–water partition coefficient (Wildman–Crippen LogP) is 4.39. The lowest BCUT2D eigenvalue weighted by molar-refractivity contribution is -0.145. The molecule has 3 aromatic carbocycles. The molecule has 1 fully saturated rings. The first kappa shape index (κ1) is 31.2. The summed E-state index contributed by atoms with van der Waals surface area (Å²) in [4.78, 5) is 18.0. The van der Waals surface area contributed by atoms with Gasteiger partial charge < -0.3 is 14.5 Å². The lowest BCUT2D eigenvalue weighted by atomic mass is 9.84. The van der Waals surface area contributed by atoms with E-state index in [1.807, 2.05) is 63.2 Å². The van der Waals surface area contributed by atoms with Crippen LogP contribution in [0.25, 0.3) is 11.0 Å². The van der Waals surface area contributed by atoms with Crippen LogP contribution in [-0.2, 0) is 33.1 Å². The highest BCUT2D eigenvalue weighted by atomic mass is 32.2. The summed E-state index contributed by atoms with van der Waals surface area (Å²) >= 11 is 0. The van der Waals surface area contributed by atoms with Gasteiger partial charge in [-0.25, -0.2) is 13.1 Å². The second kappa shape index (κ2) is 12.5. The van der Waals surface area contributed by atoms with E-state index < -0.39 is 10.0 Å². The van der Waals surface area contributed by atoms with Crippen molar-refractivity contribution in [2.24, 2.45) is 7.05 Å². The van der Waals surface area contributed by atoms with E-state index in [1.165, 1.54) is 0 Å². The molecule has 3 heterocycles. The number of likely N-dealkylation sites (N-methyl/N-ethyl adjacent to an activating group) is 2. The highest BCUT2D eigenvalue weighted by molar-refractivity contribution is 7.89. The van der Waals surface area contributed by atoms with Gasteiger partial charge in [-0.15, -0.1) is 5.10 Å². The summed E-state index contributed by atoms with van der Waals surface area (Å²) in [6.45, 7) is 6.60. The number of hydrogen-bond donors (Lipinski definition) is 0. The summed E-state index contributed by atoms with van der Waals surface area (Å²) in [5, 5.41) is 8.61. The van der Waals surface area contributed by atoms with E-state index in [4.69, 9.17) is 4.74 Å². The van der Waals surface area contributed by atoms with Crippen molar-refractivity contribution in [3.63, 3.8) is 0 Å². The molecule has 238 valence electrons. The van der Waals surface area contributed by atoms with Crippen molar-refractivity contribution >= 4 is 32.7 Å². The lowest BCUT2D eigenvalue weighted by Crippen LogP contribution is -2.33. The van der Waals surface area contributed by atoms with Crippen molar-refractivity contribution in [1.82, 2.24) is 24.2 Å². The molecule has 2 aliphatic rings. The number of anilines is 1. The molecular formula is C34H42N6O4S. The summed E-state index contributed by atoms with van der Waals surface area (Å²) in [5.41, 5.74) is 7.20. The molecular weight excluding hydrogens is 588 g/mol. The SMILES string of the molecule is Cc1ccc(C(CC(=O)OC[C@@H]2CCCN2C)c2ccc3c(nnn3C)c2C)cc1CN1CCN(C)c2ccccc2S1(=O)=O. The maximum Gasteiger partial charge on any atom is 0.306 e. The second-order valence-electron chi connectivity index (χ2n) is 12.5. The molecule has 0 aliphatic carbocycles. The molecule has 1 saturated heterocycles. The number of hydrogen-bond acceptors (Lipinski definition) is 8. The summed E-state index contributed by atoms with van der Waals surface area (Å²) in [6, 6.07) is 17.6. The van der Waals surface area contributed by atoms with E-state index in [9.17, 15) is 13.2 Å². The zero-order valence-corrected chi connectivity index (χ0v) is 27.5. The van der Waals surface area contributed by atoms with Crippen molar-refractivity contribution in [3.05, 3.63) is 82.4 Å². The Morgan fingerprint density at radius 3 is 2.60 bits per heavy atom. The van der Waals surface area contributed by atoms with E-state index in [-0.39, 0.29) is 30.9 Å². The Balaban J connectivity index is 1.34. The molecule has 45 heavy (non-hydrogen) atoms. The van der Waals surface area contributed by atoms with Crippen molar-refractivity contribution in [3.8, 4) is 0 Å². The zero-order valence-electron chi connectivity index (χ0n) is 26.7. The Morgan fingerprint density at radius 1 is 1.02 bits per heavy atom. The predicted molar refractivity (Wildman–Crippen MR) is 175 cm³/mol. The fourth-order valence-corrected chi connectivity index (χ4v) is 8.35. The monoisotopic (exact) mass is 630 g/mol. The van der Waals surface area contributed by atoms with Crippen LogP contribution in [0.15, 0.2) is 59.5 Å². The molecule has 0 saturated carbocycles. The van der Waals surface area contributed by atoms with Crippen LogP contribution < -0.4 is 4.90 Å². The van der Waals surface area contributed by atoms with Gasteiger partial charge in [-0.05, 0) is 86.3 Å². The van der Waals surface area contributed by atoms with E-state index >= 15 is 0 Å². The van der Waals surface area contributed by atoms with Crippen molar-refractivity contribution in [2.75, 3.05) is 45.2 Å². The molecule has 2 atom stereocenters. The Hall–Kier alpha value is -3.80. The molecule has 11 heteroatoms. The van der Waals surface area contributed by atoms with Crippen LogP contribution in [-0.4, -0.2) is 85.0 Å². The molecule has 10 nitrogen and oxygen atoms in total. The number of rotatable bonds is 8. The molecule has 0 N–H and O–H groups in total. The average Bonchev–Trinajstić information content (AvgIpc) is 3.60. The zero-order chi connectivity index (χ0) is 31.9. The highest BCUT2D eigenvalue weighted by Crippen LogP contribution is 2.36. The minimum Gasteiger partial charge on any atom is -0.464 e. The fraction of sp³-hybridized carbons (Fsp3) is 0.441. The van der Waals surface area contributed by atoms with Crippen LogP contribution >= 0.6 is 0 Å². The van der Waals surface area contributed by atoms with Crippen LogP contribution in [0.5, 0.6) is 0 Å². The summed E-state index contributed by atoms with van der Waals surface area (Å²) in [5.74, 6) is -0.562. The standard InChI is InChI=1S/C34H42N6O4S/c1-23-12-13-25(19-26(23)21-40-18-17-38(4)30-10-6-7-11-32(30)45(40,42)43)29(20-33(41)44-22-27-9-8-16-37(27)3)28-14-15-31-34(24(28)2)35-36-39(31)5/h6-7,10-15,19,27,29H,8-9,16-18,20-22H2,1-5H3/t27-,29?/m0/s1. The van der Waals surface area contributed by atoms with Gasteiger partial charge in [0.1, 0.15) is 17.0 Å². The number of carbonyl (C=O) groups is 1. The molecule has 1 unspecified atom stereocenters. The number of likely N-dealkylation sites (tertiary alicyclic amines) is 1. The maximum absolute atomic E-state index is 13.9. The Labute approximate surface area is 265 Å². The van der Waals surface area contributed by atoms with Gasteiger partial charge in [0.2, 0.25) is 10.0 Å². The molecule has 0 spiro atoms. The summed E-state index contributed by atoms with van der Waals surface area (Å²) in [7, 11) is 2.14. The van der Waals surface area contributed by atoms with E-state index in [0.29, 0.717) is 30.3 Å².